The van der Waals surface area contributed by atoms with E-state index in [1.807, 2.05) is 61.5 Å². The molecule has 0 spiro atoms. The smallest absolute Gasteiger partial charge is 0.228 e. The molecular formula is C18H16N2O. The number of aromatic nitrogens is 1. The summed E-state index contributed by atoms with van der Waals surface area (Å²) in [4.78, 5) is 16.5. The van der Waals surface area contributed by atoms with Crippen LogP contribution in [-0.4, -0.2) is 10.9 Å². The lowest BCUT2D eigenvalue weighted by Crippen LogP contribution is -2.15. The Labute approximate surface area is 123 Å². The molecular weight excluding hydrogens is 260 g/mol. The first-order chi connectivity index (χ1) is 10.2. The average molecular weight is 276 g/mol. The van der Waals surface area contributed by atoms with E-state index in [1.54, 1.807) is 6.20 Å². The minimum Gasteiger partial charge on any atom is -0.324 e. The van der Waals surface area contributed by atoms with Crippen LogP contribution in [0.2, 0.25) is 0 Å². The number of aryl methyl sites for hydroxylation is 1. The fourth-order valence-corrected chi connectivity index (χ4v) is 2.33. The lowest BCUT2D eigenvalue weighted by atomic mass is 10.1. The van der Waals surface area contributed by atoms with Crippen LogP contribution in [0.5, 0.6) is 0 Å². The van der Waals surface area contributed by atoms with Crippen molar-refractivity contribution in [3.8, 4) is 0 Å². The Kier molecular flexibility index (Phi) is 3.65. The van der Waals surface area contributed by atoms with Crippen molar-refractivity contribution in [2.45, 2.75) is 13.3 Å². The van der Waals surface area contributed by atoms with Crippen molar-refractivity contribution in [3.05, 3.63) is 71.9 Å². The normalized spacial score (nSPS) is 10.5. The maximum atomic E-state index is 12.1. The molecule has 1 N–H and O–H groups in total. The van der Waals surface area contributed by atoms with Crippen molar-refractivity contribution in [2.24, 2.45) is 0 Å². The highest BCUT2D eigenvalue weighted by molar-refractivity contribution is 5.94. The number of benzene rings is 2. The first-order valence-electron chi connectivity index (χ1n) is 6.91. The number of carbonyl (C=O) groups excluding carboxylic acids is 1. The van der Waals surface area contributed by atoms with Crippen molar-refractivity contribution >= 4 is 22.5 Å². The Bertz CT molecular complexity index is 796. The van der Waals surface area contributed by atoms with Gasteiger partial charge in [-0.25, -0.2) is 0 Å². The monoisotopic (exact) mass is 276 g/mol. The van der Waals surface area contributed by atoms with Gasteiger partial charge in [-0.2, -0.15) is 0 Å². The van der Waals surface area contributed by atoms with Crippen LogP contribution in [0.1, 0.15) is 11.1 Å². The predicted octanol–water partition coefficient (Wildman–Crippen LogP) is 3.72. The predicted molar refractivity (Wildman–Crippen MR) is 85.3 cm³/mol. The van der Waals surface area contributed by atoms with Crippen molar-refractivity contribution in [3.63, 3.8) is 0 Å². The number of anilines is 1. The minimum absolute atomic E-state index is 0.0265. The standard InChI is InChI=1S/C18H16N2O/c1-13-6-2-3-7-14(13)11-18(21)20-16-10-15-8-4-5-9-17(15)19-12-16/h2-10,12H,11H2,1H3,(H,20,21). The van der Waals surface area contributed by atoms with Crippen molar-refractivity contribution in [2.75, 3.05) is 5.32 Å². The molecule has 1 heterocycles. The van der Waals surface area contributed by atoms with E-state index in [9.17, 15) is 4.79 Å². The summed E-state index contributed by atoms with van der Waals surface area (Å²) < 4.78 is 0. The van der Waals surface area contributed by atoms with E-state index in [1.165, 1.54) is 0 Å². The van der Waals surface area contributed by atoms with Gasteiger partial charge in [0, 0.05) is 5.39 Å². The molecule has 104 valence electrons. The Morgan fingerprint density at radius 1 is 1.10 bits per heavy atom. The number of fused-ring (bicyclic) bond motifs is 1. The number of nitrogens with zero attached hydrogens (tertiary/aromatic N) is 1. The average Bonchev–Trinajstić information content (AvgIpc) is 2.49. The zero-order chi connectivity index (χ0) is 14.7. The molecule has 2 aromatic carbocycles. The molecule has 1 aromatic heterocycles. The molecule has 0 aliphatic rings. The fourth-order valence-electron chi connectivity index (χ4n) is 2.33. The molecule has 0 saturated carbocycles. The zero-order valence-corrected chi connectivity index (χ0v) is 11.8. The van der Waals surface area contributed by atoms with Crippen LogP contribution in [-0.2, 0) is 11.2 Å². The highest BCUT2D eigenvalue weighted by atomic mass is 16.1. The van der Waals surface area contributed by atoms with Gasteiger partial charge in [-0.1, -0.05) is 42.5 Å². The molecule has 3 nitrogen and oxygen atoms in total. The van der Waals surface area contributed by atoms with Crippen LogP contribution in [0.3, 0.4) is 0 Å². The van der Waals surface area contributed by atoms with E-state index < -0.39 is 0 Å². The Morgan fingerprint density at radius 2 is 1.86 bits per heavy atom. The van der Waals surface area contributed by atoms with E-state index >= 15 is 0 Å². The Hall–Kier alpha value is -2.68. The zero-order valence-electron chi connectivity index (χ0n) is 11.8. The lowest BCUT2D eigenvalue weighted by Gasteiger charge is -2.08. The van der Waals surface area contributed by atoms with Gasteiger partial charge in [-0.05, 0) is 30.2 Å². The molecule has 0 bridgehead atoms. The first-order valence-corrected chi connectivity index (χ1v) is 6.91. The second-order valence-electron chi connectivity index (χ2n) is 5.07. The summed E-state index contributed by atoms with van der Waals surface area (Å²) in [5.41, 5.74) is 3.83. The summed E-state index contributed by atoms with van der Waals surface area (Å²) in [6.07, 6.45) is 2.07. The van der Waals surface area contributed by atoms with Crippen LogP contribution in [0.4, 0.5) is 5.69 Å². The Morgan fingerprint density at radius 3 is 2.71 bits per heavy atom. The molecule has 0 atom stereocenters. The first kappa shape index (κ1) is 13.3. The van der Waals surface area contributed by atoms with E-state index in [2.05, 4.69) is 10.3 Å². The van der Waals surface area contributed by atoms with Crippen LogP contribution in [0.25, 0.3) is 10.9 Å². The second-order valence-corrected chi connectivity index (χ2v) is 5.07. The number of carbonyl (C=O) groups is 1. The maximum absolute atomic E-state index is 12.1. The second kappa shape index (κ2) is 5.75. The molecule has 0 aliphatic carbocycles. The molecule has 3 aromatic rings. The van der Waals surface area contributed by atoms with Gasteiger partial charge in [-0.3, -0.25) is 9.78 Å². The van der Waals surface area contributed by atoms with E-state index in [-0.39, 0.29) is 5.91 Å². The lowest BCUT2D eigenvalue weighted by molar-refractivity contribution is -0.115. The van der Waals surface area contributed by atoms with Gasteiger partial charge in [0.2, 0.25) is 5.91 Å². The van der Waals surface area contributed by atoms with E-state index in [4.69, 9.17) is 0 Å². The topological polar surface area (TPSA) is 42.0 Å². The van der Waals surface area contributed by atoms with Crippen LogP contribution >= 0.6 is 0 Å². The number of pyridine rings is 1. The van der Waals surface area contributed by atoms with Crippen molar-refractivity contribution < 1.29 is 4.79 Å². The third-order valence-electron chi connectivity index (χ3n) is 3.49. The van der Waals surface area contributed by atoms with Gasteiger partial charge in [0.05, 0.1) is 23.8 Å². The minimum atomic E-state index is -0.0265. The number of nitrogens with one attached hydrogen (secondary N) is 1. The van der Waals surface area contributed by atoms with E-state index in [0.717, 1.165) is 27.7 Å². The van der Waals surface area contributed by atoms with Gasteiger partial charge < -0.3 is 5.32 Å². The third-order valence-corrected chi connectivity index (χ3v) is 3.49. The molecule has 0 saturated heterocycles. The van der Waals surface area contributed by atoms with Crippen LogP contribution in [0, 0.1) is 6.92 Å². The highest BCUT2D eigenvalue weighted by Crippen LogP contribution is 2.16. The Balaban J connectivity index is 1.75. The number of hydrogen-bond acceptors (Lipinski definition) is 2. The molecule has 0 unspecified atom stereocenters. The van der Waals surface area contributed by atoms with Crippen molar-refractivity contribution in [1.29, 1.82) is 0 Å². The SMILES string of the molecule is Cc1ccccc1CC(=O)Nc1cnc2ccccc2c1. The fraction of sp³-hybridized carbons (Fsp3) is 0.111. The molecule has 3 heteroatoms. The van der Waals surface area contributed by atoms with Crippen molar-refractivity contribution in [1.82, 2.24) is 4.98 Å². The summed E-state index contributed by atoms with van der Waals surface area (Å²) in [7, 11) is 0. The van der Waals surface area contributed by atoms with Gasteiger partial charge in [0.25, 0.3) is 0 Å². The number of amides is 1. The quantitative estimate of drug-likeness (QED) is 0.792. The summed E-state index contributed by atoms with van der Waals surface area (Å²) in [5, 5.41) is 3.93. The van der Waals surface area contributed by atoms with Gasteiger partial charge >= 0.3 is 0 Å². The highest BCUT2D eigenvalue weighted by Gasteiger charge is 2.06. The van der Waals surface area contributed by atoms with Crippen LogP contribution < -0.4 is 5.32 Å². The molecule has 3 rings (SSSR count). The van der Waals surface area contributed by atoms with Gasteiger partial charge in [0.1, 0.15) is 0 Å². The maximum Gasteiger partial charge on any atom is 0.228 e. The summed E-state index contributed by atoms with van der Waals surface area (Å²) >= 11 is 0. The van der Waals surface area contributed by atoms with Crippen LogP contribution in [0.15, 0.2) is 60.8 Å². The molecule has 0 fully saturated rings. The number of para-hydroxylation sites is 1. The third kappa shape index (κ3) is 3.08. The summed E-state index contributed by atoms with van der Waals surface area (Å²) in [5.74, 6) is -0.0265. The van der Waals surface area contributed by atoms with Gasteiger partial charge in [0.15, 0.2) is 0 Å². The molecule has 0 aliphatic heterocycles. The molecule has 1 amide bonds. The molecule has 0 radical (unpaired) electrons. The summed E-state index contributed by atoms with van der Waals surface area (Å²) in [6, 6.07) is 17.7. The van der Waals surface area contributed by atoms with E-state index in [0.29, 0.717) is 6.42 Å². The summed E-state index contributed by atoms with van der Waals surface area (Å²) in [6.45, 7) is 2.01. The van der Waals surface area contributed by atoms with Gasteiger partial charge in [-0.15, -0.1) is 0 Å². The number of hydrogen-bond donors (Lipinski definition) is 1. The largest absolute Gasteiger partial charge is 0.324 e. The number of rotatable bonds is 3. The molecule has 21 heavy (non-hydrogen) atoms.